The van der Waals surface area contributed by atoms with Gasteiger partial charge in [0.05, 0.1) is 6.54 Å². The van der Waals surface area contributed by atoms with E-state index in [0.717, 1.165) is 11.3 Å². The van der Waals surface area contributed by atoms with E-state index in [4.69, 9.17) is 4.52 Å². The van der Waals surface area contributed by atoms with Crippen LogP contribution in [0.25, 0.3) is 0 Å². The summed E-state index contributed by atoms with van der Waals surface area (Å²) in [6.45, 7) is 3.93. The van der Waals surface area contributed by atoms with E-state index >= 15 is 0 Å². The fraction of sp³-hybridized carbons (Fsp3) is 0.231. The number of amides is 1. The molecule has 1 heterocycles. The van der Waals surface area contributed by atoms with Gasteiger partial charge in [-0.3, -0.25) is 4.79 Å². The van der Waals surface area contributed by atoms with Crippen LogP contribution in [0.2, 0.25) is 0 Å². The molecule has 1 amide bonds. The van der Waals surface area contributed by atoms with E-state index in [-0.39, 0.29) is 12.5 Å². The summed E-state index contributed by atoms with van der Waals surface area (Å²) >= 11 is 0. The van der Waals surface area contributed by atoms with Gasteiger partial charge in [-0.25, -0.2) is 0 Å². The summed E-state index contributed by atoms with van der Waals surface area (Å²) in [6.07, 6.45) is 0. The highest BCUT2D eigenvalue weighted by molar-refractivity contribution is 5.93. The second-order valence-electron chi connectivity index (χ2n) is 4.09. The highest BCUT2D eigenvalue weighted by Crippen LogP contribution is 2.10. The first kappa shape index (κ1) is 12.2. The van der Waals surface area contributed by atoms with Gasteiger partial charge in [0.15, 0.2) is 5.82 Å². The number of carbonyl (C=O) groups is 1. The molecule has 0 aliphatic heterocycles. The molecule has 0 spiro atoms. The topological polar surface area (TPSA) is 67.2 Å². The highest BCUT2D eigenvalue weighted by atomic mass is 16.5. The number of benzene rings is 1. The van der Waals surface area contributed by atoms with Gasteiger partial charge in [-0.1, -0.05) is 17.3 Å². The van der Waals surface area contributed by atoms with E-state index in [1.165, 1.54) is 0 Å². The second-order valence-corrected chi connectivity index (χ2v) is 4.09. The standard InChI is InChI=1S/C13H15N3O2/c1-9-4-3-5-11(6-9)15-13(17)8-14-12-7-10(2)18-16-12/h3-7H,8H2,1-2H3,(H,14,16)(H,15,17). The molecule has 0 aliphatic carbocycles. The smallest absolute Gasteiger partial charge is 0.243 e. The maximum Gasteiger partial charge on any atom is 0.243 e. The first-order chi connectivity index (χ1) is 8.63. The molecule has 0 bridgehead atoms. The number of rotatable bonds is 4. The Labute approximate surface area is 105 Å². The third-order valence-corrected chi connectivity index (χ3v) is 2.36. The number of hydrogen-bond acceptors (Lipinski definition) is 4. The lowest BCUT2D eigenvalue weighted by Gasteiger charge is -2.06. The Morgan fingerprint density at radius 2 is 2.17 bits per heavy atom. The van der Waals surface area contributed by atoms with E-state index in [1.54, 1.807) is 13.0 Å². The SMILES string of the molecule is Cc1cccc(NC(=O)CNc2cc(C)on2)c1. The molecule has 5 nitrogen and oxygen atoms in total. The monoisotopic (exact) mass is 245 g/mol. The zero-order valence-electron chi connectivity index (χ0n) is 10.4. The van der Waals surface area contributed by atoms with Crippen molar-refractivity contribution < 1.29 is 9.32 Å². The predicted octanol–water partition coefficient (Wildman–Crippen LogP) is 2.34. The van der Waals surface area contributed by atoms with Crippen molar-refractivity contribution in [1.82, 2.24) is 5.16 Å². The Hall–Kier alpha value is -2.30. The third-order valence-electron chi connectivity index (χ3n) is 2.36. The first-order valence-corrected chi connectivity index (χ1v) is 5.67. The molecule has 2 aromatic rings. The van der Waals surface area contributed by atoms with Crippen LogP contribution in [-0.4, -0.2) is 17.6 Å². The van der Waals surface area contributed by atoms with Crippen molar-refractivity contribution in [2.75, 3.05) is 17.2 Å². The molecule has 94 valence electrons. The van der Waals surface area contributed by atoms with Gasteiger partial charge in [0.1, 0.15) is 5.76 Å². The molecule has 0 atom stereocenters. The zero-order chi connectivity index (χ0) is 13.0. The molecule has 5 heteroatoms. The van der Waals surface area contributed by atoms with Gasteiger partial charge in [-0.2, -0.15) is 0 Å². The van der Waals surface area contributed by atoms with Crippen molar-refractivity contribution in [3.05, 3.63) is 41.7 Å². The fourth-order valence-corrected chi connectivity index (χ4v) is 1.55. The number of anilines is 2. The molecule has 0 fully saturated rings. The van der Waals surface area contributed by atoms with Gasteiger partial charge < -0.3 is 15.2 Å². The Kier molecular flexibility index (Phi) is 3.62. The lowest BCUT2D eigenvalue weighted by molar-refractivity contribution is -0.114. The first-order valence-electron chi connectivity index (χ1n) is 5.67. The molecule has 2 N–H and O–H groups in total. The largest absolute Gasteiger partial charge is 0.360 e. The summed E-state index contributed by atoms with van der Waals surface area (Å²) in [4.78, 5) is 11.7. The van der Waals surface area contributed by atoms with Crippen molar-refractivity contribution in [1.29, 1.82) is 0 Å². The van der Waals surface area contributed by atoms with Crippen LogP contribution in [0, 0.1) is 13.8 Å². The van der Waals surface area contributed by atoms with Gasteiger partial charge in [0.2, 0.25) is 5.91 Å². The van der Waals surface area contributed by atoms with E-state index in [0.29, 0.717) is 11.6 Å². The average Bonchev–Trinajstić information content (AvgIpc) is 2.73. The average molecular weight is 245 g/mol. The minimum absolute atomic E-state index is 0.124. The number of nitrogens with one attached hydrogen (secondary N) is 2. The number of nitrogens with zero attached hydrogens (tertiary/aromatic N) is 1. The Morgan fingerprint density at radius 3 is 2.83 bits per heavy atom. The number of hydrogen-bond donors (Lipinski definition) is 2. The van der Waals surface area contributed by atoms with Crippen LogP contribution < -0.4 is 10.6 Å². The summed E-state index contributed by atoms with van der Waals surface area (Å²) < 4.78 is 4.89. The van der Waals surface area contributed by atoms with Gasteiger partial charge in [0.25, 0.3) is 0 Å². The molecular weight excluding hydrogens is 230 g/mol. The van der Waals surface area contributed by atoms with Gasteiger partial charge >= 0.3 is 0 Å². The Morgan fingerprint density at radius 1 is 1.33 bits per heavy atom. The number of aryl methyl sites for hydroxylation is 2. The van der Waals surface area contributed by atoms with Gasteiger partial charge in [0, 0.05) is 11.8 Å². The zero-order valence-corrected chi connectivity index (χ0v) is 10.4. The van der Waals surface area contributed by atoms with Gasteiger partial charge in [-0.05, 0) is 31.5 Å². The summed E-state index contributed by atoms with van der Waals surface area (Å²) in [5.74, 6) is 1.14. The van der Waals surface area contributed by atoms with Crippen LogP contribution >= 0.6 is 0 Å². The molecular formula is C13H15N3O2. The van der Waals surface area contributed by atoms with Crippen molar-refractivity contribution in [2.24, 2.45) is 0 Å². The normalized spacial score (nSPS) is 10.1. The molecule has 0 radical (unpaired) electrons. The number of aromatic nitrogens is 1. The Bertz CT molecular complexity index is 549. The van der Waals surface area contributed by atoms with Crippen LogP contribution in [0.15, 0.2) is 34.9 Å². The minimum Gasteiger partial charge on any atom is -0.360 e. The Balaban J connectivity index is 1.85. The van der Waals surface area contributed by atoms with Crippen LogP contribution in [0.3, 0.4) is 0 Å². The van der Waals surface area contributed by atoms with Crippen molar-refractivity contribution in [2.45, 2.75) is 13.8 Å². The lowest BCUT2D eigenvalue weighted by Crippen LogP contribution is -2.21. The molecule has 0 saturated heterocycles. The molecule has 1 aromatic heterocycles. The van der Waals surface area contributed by atoms with E-state index in [9.17, 15) is 4.79 Å². The molecule has 0 saturated carbocycles. The summed E-state index contributed by atoms with van der Waals surface area (Å²) in [5, 5.41) is 9.43. The maximum absolute atomic E-state index is 11.7. The fourth-order valence-electron chi connectivity index (χ4n) is 1.55. The van der Waals surface area contributed by atoms with Gasteiger partial charge in [-0.15, -0.1) is 0 Å². The molecule has 0 aliphatic rings. The molecule has 18 heavy (non-hydrogen) atoms. The van der Waals surface area contributed by atoms with Crippen LogP contribution in [0.1, 0.15) is 11.3 Å². The summed E-state index contributed by atoms with van der Waals surface area (Å²) in [6, 6.07) is 9.38. The lowest BCUT2D eigenvalue weighted by atomic mass is 10.2. The van der Waals surface area contributed by atoms with E-state index < -0.39 is 0 Å². The quantitative estimate of drug-likeness (QED) is 0.867. The second kappa shape index (κ2) is 5.35. The van der Waals surface area contributed by atoms with Crippen LogP contribution in [0.4, 0.5) is 11.5 Å². The van der Waals surface area contributed by atoms with Crippen molar-refractivity contribution >= 4 is 17.4 Å². The summed E-state index contributed by atoms with van der Waals surface area (Å²) in [5.41, 5.74) is 1.89. The number of carbonyl (C=O) groups excluding carboxylic acids is 1. The minimum atomic E-state index is -0.124. The molecule has 2 rings (SSSR count). The third kappa shape index (κ3) is 3.35. The van der Waals surface area contributed by atoms with E-state index in [1.807, 2.05) is 31.2 Å². The van der Waals surface area contributed by atoms with Crippen molar-refractivity contribution in [3.8, 4) is 0 Å². The van der Waals surface area contributed by atoms with Crippen LogP contribution in [-0.2, 0) is 4.79 Å². The van der Waals surface area contributed by atoms with Crippen molar-refractivity contribution in [3.63, 3.8) is 0 Å². The molecule has 1 aromatic carbocycles. The maximum atomic E-state index is 11.7. The van der Waals surface area contributed by atoms with E-state index in [2.05, 4.69) is 15.8 Å². The molecule has 0 unspecified atom stereocenters. The van der Waals surface area contributed by atoms with Crippen LogP contribution in [0.5, 0.6) is 0 Å². The summed E-state index contributed by atoms with van der Waals surface area (Å²) in [7, 11) is 0. The highest BCUT2D eigenvalue weighted by Gasteiger charge is 2.04. The predicted molar refractivity (Wildman–Crippen MR) is 69.5 cm³/mol.